The van der Waals surface area contributed by atoms with E-state index >= 15 is 0 Å². The molecule has 0 amide bonds. The van der Waals surface area contributed by atoms with Gasteiger partial charge in [-0.15, -0.1) is 13.2 Å². The lowest BCUT2D eigenvalue weighted by Crippen LogP contribution is -2.18. The molecule has 0 fully saturated rings. The van der Waals surface area contributed by atoms with Gasteiger partial charge < -0.3 is 4.74 Å². The molecule has 0 bridgehead atoms. The Hall–Kier alpha value is -0.780. The third kappa shape index (κ3) is 3.17. The van der Waals surface area contributed by atoms with E-state index in [1.54, 1.807) is 0 Å². The number of halogens is 5. The fourth-order valence-corrected chi connectivity index (χ4v) is 1.20. The first-order valence-electron chi connectivity index (χ1n) is 3.52. The van der Waals surface area contributed by atoms with E-state index in [1.165, 1.54) is 12.1 Å². The Bertz CT molecular complexity index is 324. The second-order valence-corrected chi connectivity index (χ2v) is 3.35. The summed E-state index contributed by atoms with van der Waals surface area (Å²) in [5, 5.41) is 0. The summed E-state index contributed by atoms with van der Waals surface area (Å²) in [6, 6.07) is 3.74. The van der Waals surface area contributed by atoms with Gasteiger partial charge in [0.05, 0.1) is 0 Å². The van der Waals surface area contributed by atoms with Gasteiger partial charge in [0.25, 0.3) is 0 Å². The number of alkyl halides is 4. The molecule has 1 rings (SSSR count). The summed E-state index contributed by atoms with van der Waals surface area (Å²) < 4.78 is 51.8. The van der Waals surface area contributed by atoms with Crippen molar-refractivity contribution in [3.05, 3.63) is 28.2 Å². The molecular weight excluding hydrogens is 268 g/mol. The van der Waals surface area contributed by atoms with Crippen molar-refractivity contribution >= 4 is 15.9 Å². The van der Waals surface area contributed by atoms with E-state index < -0.39 is 18.8 Å². The second-order valence-electron chi connectivity index (χ2n) is 2.43. The van der Waals surface area contributed by atoms with Gasteiger partial charge in [-0.3, -0.25) is 0 Å². The largest absolute Gasteiger partial charge is 0.573 e. The normalized spacial score (nSPS) is 11.5. The molecule has 0 spiro atoms. The molecule has 0 atom stereocenters. The van der Waals surface area contributed by atoms with Crippen molar-refractivity contribution in [2.24, 2.45) is 0 Å². The van der Waals surface area contributed by atoms with Crippen molar-refractivity contribution in [1.82, 2.24) is 0 Å². The fourth-order valence-electron chi connectivity index (χ4n) is 0.858. The highest BCUT2D eigenvalue weighted by atomic mass is 79.9. The van der Waals surface area contributed by atoms with E-state index in [2.05, 4.69) is 20.7 Å². The molecule has 1 nitrogen and oxygen atoms in total. The second kappa shape index (κ2) is 4.16. The Kier molecular flexibility index (Phi) is 3.36. The van der Waals surface area contributed by atoms with Crippen molar-refractivity contribution in [1.29, 1.82) is 0 Å². The summed E-state index contributed by atoms with van der Waals surface area (Å²) in [5.41, 5.74) is -0.134. The van der Waals surface area contributed by atoms with Gasteiger partial charge in [0.1, 0.15) is 12.4 Å². The summed E-state index contributed by atoms with van der Waals surface area (Å²) >= 11 is 2.96. The van der Waals surface area contributed by atoms with Gasteiger partial charge in [-0.05, 0) is 12.1 Å². The molecule has 0 aromatic heterocycles. The van der Waals surface area contributed by atoms with Crippen LogP contribution in [0.4, 0.5) is 17.6 Å². The van der Waals surface area contributed by atoms with Crippen molar-refractivity contribution in [2.75, 3.05) is 0 Å². The minimum atomic E-state index is -4.80. The summed E-state index contributed by atoms with van der Waals surface area (Å²) in [7, 11) is 0. The molecule has 0 saturated heterocycles. The molecule has 0 aliphatic carbocycles. The van der Waals surface area contributed by atoms with Crippen molar-refractivity contribution in [2.45, 2.75) is 13.0 Å². The molecule has 6 heteroatoms. The SMILES string of the molecule is FCc1ccc(Br)cc1OC(F)(F)F. The molecule has 0 heterocycles. The molecule has 0 N–H and O–H groups in total. The molecule has 14 heavy (non-hydrogen) atoms. The van der Waals surface area contributed by atoms with Crippen LogP contribution in [0.2, 0.25) is 0 Å². The van der Waals surface area contributed by atoms with Crippen LogP contribution >= 0.6 is 15.9 Å². The maximum absolute atomic E-state index is 12.2. The van der Waals surface area contributed by atoms with Crippen LogP contribution in [0.15, 0.2) is 22.7 Å². The predicted octanol–water partition coefficient (Wildman–Crippen LogP) is 3.82. The smallest absolute Gasteiger partial charge is 0.405 e. The van der Waals surface area contributed by atoms with Gasteiger partial charge in [-0.25, -0.2) is 4.39 Å². The molecular formula is C8H5BrF4O. The minimum absolute atomic E-state index is 0.134. The van der Waals surface area contributed by atoms with E-state index in [0.717, 1.165) is 6.07 Å². The van der Waals surface area contributed by atoms with Crippen molar-refractivity contribution < 1.29 is 22.3 Å². The molecule has 1 aromatic rings. The van der Waals surface area contributed by atoms with Crippen LogP contribution in [0.25, 0.3) is 0 Å². The Morgan fingerprint density at radius 1 is 1.29 bits per heavy atom. The quantitative estimate of drug-likeness (QED) is 0.744. The lowest BCUT2D eigenvalue weighted by molar-refractivity contribution is -0.275. The summed E-state index contributed by atoms with van der Waals surface area (Å²) in [4.78, 5) is 0. The molecule has 1 aromatic carbocycles. The van der Waals surface area contributed by atoms with Crippen molar-refractivity contribution in [3.8, 4) is 5.75 Å². The zero-order valence-corrected chi connectivity index (χ0v) is 8.32. The molecule has 0 aliphatic rings. The zero-order valence-electron chi connectivity index (χ0n) is 6.74. The van der Waals surface area contributed by atoms with Crippen LogP contribution in [0.3, 0.4) is 0 Å². The summed E-state index contributed by atoms with van der Waals surface area (Å²) in [6.45, 7) is -1.00. The summed E-state index contributed by atoms with van der Waals surface area (Å²) in [5.74, 6) is -0.519. The highest BCUT2D eigenvalue weighted by Crippen LogP contribution is 2.29. The van der Waals surface area contributed by atoms with E-state index in [4.69, 9.17) is 0 Å². The maximum Gasteiger partial charge on any atom is 0.573 e. The summed E-state index contributed by atoms with van der Waals surface area (Å²) in [6.07, 6.45) is -4.80. The van der Waals surface area contributed by atoms with Crippen LogP contribution in [-0.2, 0) is 6.67 Å². The zero-order chi connectivity index (χ0) is 10.8. The van der Waals surface area contributed by atoms with Crippen LogP contribution < -0.4 is 4.74 Å². The minimum Gasteiger partial charge on any atom is -0.405 e. The topological polar surface area (TPSA) is 9.23 Å². The molecule has 0 unspecified atom stereocenters. The maximum atomic E-state index is 12.2. The highest BCUT2D eigenvalue weighted by Gasteiger charge is 2.32. The van der Waals surface area contributed by atoms with E-state index in [-0.39, 0.29) is 5.56 Å². The number of hydrogen-bond acceptors (Lipinski definition) is 1. The van der Waals surface area contributed by atoms with Gasteiger partial charge in [-0.1, -0.05) is 22.0 Å². The van der Waals surface area contributed by atoms with E-state index in [9.17, 15) is 17.6 Å². The highest BCUT2D eigenvalue weighted by molar-refractivity contribution is 9.10. The van der Waals surface area contributed by atoms with E-state index in [0.29, 0.717) is 4.47 Å². The number of hydrogen-bond donors (Lipinski definition) is 0. The molecule has 0 saturated carbocycles. The lowest BCUT2D eigenvalue weighted by atomic mass is 10.2. The van der Waals surface area contributed by atoms with Crippen molar-refractivity contribution in [3.63, 3.8) is 0 Å². The lowest BCUT2D eigenvalue weighted by Gasteiger charge is -2.11. The number of rotatable bonds is 2. The van der Waals surface area contributed by atoms with Crippen LogP contribution in [0.5, 0.6) is 5.75 Å². The third-order valence-electron chi connectivity index (χ3n) is 1.40. The van der Waals surface area contributed by atoms with E-state index in [1.807, 2.05) is 0 Å². The average Bonchev–Trinajstić information content (AvgIpc) is 2.01. The third-order valence-corrected chi connectivity index (χ3v) is 1.89. The fraction of sp³-hybridized carbons (Fsp3) is 0.250. The molecule has 0 aliphatic heterocycles. The predicted molar refractivity (Wildman–Crippen MR) is 45.6 cm³/mol. The first-order valence-corrected chi connectivity index (χ1v) is 4.32. The van der Waals surface area contributed by atoms with Crippen LogP contribution in [0, 0.1) is 0 Å². The Balaban J connectivity index is 2.99. The Morgan fingerprint density at radius 2 is 1.93 bits per heavy atom. The molecule has 0 radical (unpaired) electrons. The van der Waals surface area contributed by atoms with Crippen LogP contribution in [0.1, 0.15) is 5.56 Å². The number of benzene rings is 1. The molecule has 78 valence electrons. The van der Waals surface area contributed by atoms with Crippen LogP contribution in [-0.4, -0.2) is 6.36 Å². The Labute approximate surface area is 85.8 Å². The first-order chi connectivity index (χ1) is 6.42. The van der Waals surface area contributed by atoms with Gasteiger partial charge in [0.15, 0.2) is 0 Å². The van der Waals surface area contributed by atoms with Gasteiger partial charge in [0.2, 0.25) is 0 Å². The average molecular weight is 273 g/mol. The standard InChI is InChI=1S/C8H5BrF4O/c9-6-2-1-5(4-10)7(3-6)14-8(11,12)13/h1-3H,4H2. The monoisotopic (exact) mass is 272 g/mol. The van der Waals surface area contributed by atoms with Gasteiger partial charge in [0, 0.05) is 10.0 Å². The number of ether oxygens (including phenoxy) is 1. The first kappa shape index (κ1) is 11.3. The Morgan fingerprint density at radius 3 is 2.43 bits per heavy atom. The van der Waals surface area contributed by atoms with Gasteiger partial charge >= 0.3 is 6.36 Å². The van der Waals surface area contributed by atoms with Gasteiger partial charge in [-0.2, -0.15) is 0 Å².